The van der Waals surface area contributed by atoms with Crippen molar-refractivity contribution in [2.45, 2.75) is 64.7 Å². The van der Waals surface area contributed by atoms with Gasteiger partial charge in [-0.05, 0) is 12.8 Å². The van der Waals surface area contributed by atoms with Gasteiger partial charge in [0.25, 0.3) is 0 Å². The Balaban J connectivity index is 3.26. The highest BCUT2D eigenvalue weighted by molar-refractivity contribution is 5.72. The van der Waals surface area contributed by atoms with Gasteiger partial charge in [-0.25, -0.2) is 0 Å². The fraction of sp³-hybridized carbons (Fsp3) is 0.786. The number of hydrogen-bond acceptors (Lipinski definition) is 2. The van der Waals surface area contributed by atoms with Crippen LogP contribution in [0.3, 0.4) is 0 Å². The lowest BCUT2D eigenvalue weighted by molar-refractivity contribution is -0.105. The number of carbonyl (C=O) groups excluding carboxylic acids is 1. The number of aldehydes is 1. The lowest BCUT2D eigenvalue weighted by atomic mass is 10.1. The van der Waals surface area contributed by atoms with E-state index in [9.17, 15) is 4.79 Å². The van der Waals surface area contributed by atoms with Gasteiger partial charge in [-0.3, -0.25) is 4.79 Å². The van der Waals surface area contributed by atoms with Crippen LogP contribution in [0.5, 0.6) is 0 Å². The molecule has 0 rings (SSSR count). The SMILES string of the molecule is CCCCCCCCCCC(C=O)=COC. The van der Waals surface area contributed by atoms with Crippen molar-refractivity contribution in [1.29, 1.82) is 0 Å². The quantitative estimate of drug-likeness (QED) is 0.228. The molecule has 2 nitrogen and oxygen atoms in total. The largest absolute Gasteiger partial charge is 0.504 e. The van der Waals surface area contributed by atoms with E-state index in [1.165, 1.54) is 44.9 Å². The maximum absolute atomic E-state index is 10.6. The molecule has 0 amide bonds. The molecule has 0 saturated heterocycles. The molecule has 0 radical (unpaired) electrons. The van der Waals surface area contributed by atoms with Gasteiger partial charge in [0.2, 0.25) is 0 Å². The van der Waals surface area contributed by atoms with Crippen LogP contribution in [0.1, 0.15) is 64.7 Å². The standard InChI is InChI=1S/C14H26O2/c1-3-4-5-6-7-8-9-10-11-14(12-15)13-16-2/h12-13H,3-11H2,1-2H3. The molecule has 0 saturated carbocycles. The molecule has 0 bridgehead atoms. The Morgan fingerprint density at radius 1 is 1.00 bits per heavy atom. The predicted molar refractivity (Wildman–Crippen MR) is 68.4 cm³/mol. The molecule has 0 aromatic heterocycles. The van der Waals surface area contributed by atoms with E-state index in [-0.39, 0.29) is 0 Å². The molecule has 16 heavy (non-hydrogen) atoms. The molecular formula is C14H26O2. The van der Waals surface area contributed by atoms with Crippen molar-refractivity contribution >= 4 is 6.29 Å². The minimum absolute atomic E-state index is 0.772. The first-order valence-corrected chi connectivity index (χ1v) is 6.52. The molecule has 0 aromatic rings. The third kappa shape index (κ3) is 9.75. The summed E-state index contributed by atoms with van der Waals surface area (Å²) in [6.45, 7) is 2.24. The first-order valence-electron chi connectivity index (χ1n) is 6.52. The molecule has 2 heteroatoms. The summed E-state index contributed by atoms with van der Waals surface area (Å²) in [4.78, 5) is 10.6. The monoisotopic (exact) mass is 226 g/mol. The first-order chi connectivity index (χ1) is 7.85. The Bertz CT molecular complexity index is 185. The van der Waals surface area contributed by atoms with Crippen molar-refractivity contribution in [2.75, 3.05) is 7.11 Å². The third-order valence-electron chi connectivity index (χ3n) is 2.74. The highest BCUT2D eigenvalue weighted by Crippen LogP contribution is 2.11. The van der Waals surface area contributed by atoms with E-state index >= 15 is 0 Å². The third-order valence-corrected chi connectivity index (χ3v) is 2.74. The lowest BCUT2D eigenvalue weighted by Gasteiger charge is -2.01. The molecule has 0 unspecified atom stereocenters. The zero-order valence-electron chi connectivity index (χ0n) is 10.8. The van der Waals surface area contributed by atoms with Crippen molar-refractivity contribution in [2.24, 2.45) is 0 Å². The fourth-order valence-corrected chi connectivity index (χ4v) is 1.76. The van der Waals surface area contributed by atoms with E-state index in [1.54, 1.807) is 13.4 Å². The summed E-state index contributed by atoms with van der Waals surface area (Å²) < 4.78 is 4.82. The number of allylic oxidation sites excluding steroid dienone is 1. The van der Waals surface area contributed by atoms with Crippen LogP contribution < -0.4 is 0 Å². The van der Waals surface area contributed by atoms with Crippen LogP contribution in [0.15, 0.2) is 11.8 Å². The Labute approximate surface area is 100 Å². The topological polar surface area (TPSA) is 26.3 Å². The van der Waals surface area contributed by atoms with E-state index in [0.717, 1.165) is 24.7 Å². The summed E-state index contributed by atoms with van der Waals surface area (Å²) in [5.74, 6) is 0. The van der Waals surface area contributed by atoms with Crippen molar-refractivity contribution in [3.8, 4) is 0 Å². The second kappa shape index (κ2) is 12.3. The van der Waals surface area contributed by atoms with Gasteiger partial charge in [-0.15, -0.1) is 0 Å². The Morgan fingerprint density at radius 3 is 2.06 bits per heavy atom. The summed E-state index contributed by atoms with van der Waals surface area (Å²) in [7, 11) is 1.58. The van der Waals surface area contributed by atoms with Gasteiger partial charge in [-0.2, -0.15) is 0 Å². The Hall–Kier alpha value is -0.790. The normalized spacial score (nSPS) is 11.5. The van der Waals surface area contributed by atoms with E-state index < -0.39 is 0 Å². The van der Waals surface area contributed by atoms with Crippen LogP contribution in [0.2, 0.25) is 0 Å². The van der Waals surface area contributed by atoms with Crippen LogP contribution in [-0.4, -0.2) is 13.4 Å². The maximum Gasteiger partial charge on any atom is 0.149 e. The molecule has 0 heterocycles. The number of hydrogen-bond donors (Lipinski definition) is 0. The minimum Gasteiger partial charge on any atom is -0.504 e. The van der Waals surface area contributed by atoms with E-state index in [4.69, 9.17) is 4.74 Å². The minimum atomic E-state index is 0.772. The van der Waals surface area contributed by atoms with Crippen molar-refractivity contribution in [3.05, 3.63) is 11.8 Å². The zero-order valence-corrected chi connectivity index (χ0v) is 10.8. The number of rotatable bonds is 11. The smallest absolute Gasteiger partial charge is 0.149 e. The highest BCUT2D eigenvalue weighted by atomic mass is 16.5. The molecule has 94 valence electrons. The number of methoxy groups -OCH3 is 1. The predicted octanol–water partition coefficient (Wildman–Crippen LogP) is 4.25. The van der Waals surface area contributed by atoms with Gasteiger partial charge in [0.1, 0.15) is 6.29 Å². The van der Waals surface area contributed by atoms with Crippen LogP contribution in [0, 0.1) is 0 Å². The fourth-order valence-electron chi connectivity index (χ4n) is 1.76. The molecule has 0 spiro atoms. The molecule has 0 aromatic carbocycles. The molecule has 0 fully saturated rings. The van der Waals surface area contributed by atoms with Crippen molar-refractivity contribution in [1.82, 2.24) is 0 Å². The molecule has 0 N–H and O–H groups in total. The highest BCUT2D eigenvalue weighted by Gasteiger charge is 1.96. The maximum atomic E-state index is 10.6. The van der Waals surface area contributed by atoms with Gasteiger partial charge in [0.05, 0.1) is 13.4 Å². The zero-order chi connectivity index (χ0) is 12.1. The molecule has 0 aliphatic carbocycles. The van der Waals surface area contributed by atoms with Crippen LogP contribution in [-0.2, 0) is 9.53 Å². The van der Waals surface area contributed by atoms with Gasteiger partial charge in [-0.1, -0.05) is 51.9 Å². The Morgan fingerprint density at radius 2 is 1.56 bits per heavy atom. The van der Waals surface area contributed by atoms with Gasteiger partial charge >= 0.3 is 0 Å². The summed E-state index contributed by atoms with van der Waals surface area (Å²) >= 11 is 0. The molecule has 0 atom stereocenters. The Kier molecular flexibility index (Phi) is 11.7. The van der Waals surface area contributed by atoms with Gasteiger partial charge in [0, 0.05) is 5.57 Å². The van der Waals surface area contributed by atoms with Crippen LogP contribution in [0.4, 0.5) is 0 Å². The molecular weight excluding hydrogens is 200 g/mol. The number of ether oxygens (including phenoxy) is 1. The summed E-state index contributed by atoms with van der Waals surface area (Å²) in [5, 5.41) is 0. The van der Waals surface area contributed by atoms with E-state index in [2.05, 4.69) is 6.92 Å². The average Bonchev–Trinajstić information content (AvgIpc) is 2.31. The lowest BCUT2D eigenvalue weighted by Crippen LogP contribution is -1.88. The second-order valence-corrected chi connectivity index (χ2v) is 4.27. The van der Waals surface area contributed by atoms with Crippen LogP contribution >= 0.6 is 0 Å². The molecule has 0 aliphatic heterocycles. The van der Waals surface area contributed by atoms with Gasteiger partial charge < -0.3 is 4.74 Å². The average molecular weight is 226 g/mol. The van der Waals surface area contributed by atoms with Crippen molar-refractivity contribution < 1.29 is 9.53 Å². The van der Waals surface area contributed by atoms with E-state index in [0.29, 0.717) is 0 Å². The number of unbranched alkanes of at least 4 members (excludes halogenated alkanes) is 7. The van der Waals surface area contributed by atoms with Gasteiger partial charge in [0.15, 0.2) is 0 Å². The summed E-state index contributed by atoms with van der Waals surface area (Å²) in [6.07, 6.45) is 13.7. The summed E-state index contributed by atoms with van der Waals surface area (Å²) in [5.41, 5.74) is 0.772. The second-order valence-electron chi connectivity index (χ2n) is 4.27. The van der Waals surface area contributed by atoms with Crippen molar-refractivity contribution in [3.63, 3.8) is 0 Å². The summed E-state index contributed by atoms with van der Waals surface area (Å²) in [6, 6.07) is 0. The van der Waals surface area contributed by atoms with E-state index in [1.807, 2.05) is 0 Å². The van der Waals surface area contributed by atoms with Crippen LogP contribution in [0.25, 0.3) is 0 Å². The molecule has 0 aliphatic rings. The first kappa shape index (κ1) is 15.2. The number of carbonyl (C=O) groups is 1.